The van der Waals surface area contributed by atoms with Gasteiger partial charge in [0.15, 0.2) is 0 Å². The fraction of sp³-hybridized carbons (Fsp3) is 0.107. The summed E-state index contributed by atoms with van der Waals surface area (Å²) in [5.41, 5.74) is 2.29. The highest BCUT2D eigenvalue weighted by atomic mass is 16.5. The first-order valence-corrected chi connectivity index (χ1v) is 10.6. The van der Waals surface area contributed by atoms with Crippen LogP contribution in [0.2, 0.25) is 0 Å². The van der Waals surface area contributed by atoms with E-state index < -0.39 is 0 Å². The molecular weight excluding hydrogens is 398 g/mol. The SMILES string of the molecule is CC(COc1ccc(Oc2ccc(/C=C/c3ccccc3)cc2)cc1)Oc1ccccn1. The molecule has 32 heavy (non-hydrogen) atoms. The zero-order valence-corrected chi connectivity index (χ0v) is 17.9. The fourth-order valence-electron chi connectivity index (χ4n) is 3.01. The van der Waals surface area contributed by atoms with Gasteiger partial charge in [0, 0.05) is 12.3 Å². The van der Waals surface area contributed by atoms with Crippen LogP contribution in [0, 0.1) is 0 Å². The quantitative estimate of drug-likeness (QED) is 0.275. The number of hydrogen-bond acceptors (Lipinski definition) is 4. The summed E-state index contributed by atoms with van der Waals surface area (Å²) in [7, 11) is 0. The van der Waals surface area contributed by atoms with E-state index in [1.807, 2.05) is 91.9 Å². The molecule has 160 valence electrons. The van der Waals surface area contributed by atoms with Crippen molar-refractivity contribution in [2.45, 2.75) is 13.0 Å². The van der Waals surface area contributed by atoms with Crippen LogP contribution in [0.15, 0.2) is 103 Å². The van der Waals surface area contributed by atoms with Crippen LogP contribution in [0.25, 0.3) is 12.2 Å². The van der Waals surface area contributed by atoms with Gasteiger partial charge >= 0.3 is 0 Å². The van der Waals surface area contributed by atoms with Crippen molar-refractivity contribution in [1.29, 1.82) is 0 Å². The molecule has 4 nitrogen and oxygen atoms in total. The lowest BCUT2D eigenvalue weighted by atomic mass is 10.1. The van der Waals surface area contributed by atoms with E-state index in [0.29, 0.717) is 12.5 Å². The van der Waals surface area contributed by atoms with Gasteiger partial charge in [-0.3, -0.25) is 0 Å². The molecule has 1 aromatic heterocycles. The molecule has 0 bridgehead atoms. The van der Waals surface area contributed by atoms with E-state index in [2.05, 4.69) is 29.3 Å². The summed E-state index contributed by atoms with van der Waals surface area (Å²) in [6.45, 7) is 2.37. The summed E-state index contributed by atoms with van der Waals surface area (Å²) < 4.78 is 17.5. The lowest BCUT2D eigenvalue weighted by molar-refractivity contribution is 0.138. The number of benzene rings is 3. The van der Waals surface area contributed by atoms with Gasteiger partial charge in [0.2, 0.25) is 5.88 Å². The Hall–Kier alpha value is -4.05. The molecule has 4 heteroatoms. The molecule has 1 unspecified atom stereocenters. The Bertz CT molecular complexity index is 1110. The molecule has 1 heterocycles. The molecule has 0 saturated heterocycles. The Morgan fingerprint density at radius 1 is 0.688 bits per heavy atom. The molecule has 0 aliphatic heterocycles. The highest BCUT2D eigenvalue weighted by Crippen LogP contribution is 2.25. The maximum absolute atomic E-state index is 5.94. The average molecular weight is 424 g/mol. The fourth-order valence-corrected chi connectivity index (χ4v) is 3.01. The number of hydrogen-bond donors (Lipinski definition) is 0. The average Bonchev–Trinajstić information content (AvgIpc) is 2.84. The molecule has 3 aromatic carbocycles. The smallest absolute Gasteiger partial charge is 0.213 e. The van der Waals surface area contributed by atoms with Gasteiger partial charge in [-0.1, -0.05) is 60.7 Å². The minimum Gasteiger partial charge on any atom is -0.490 e. The van der Waals surface area contributed by atoms with Crippen LogP contribution >= 0.6 is 0 Å². The third-order valence-electron chi connectivity index (χ3n) is 4.65. The molecular formula is C28H25NO3. The Morgan fingerprint density at radius 3 is 1.94 bits per heavy atom. The van der Waals surface area contributed by atoms with Gasteiger partial charge in [0.1, 0.15) is 30.0 Å². The Labute approximate surface area is 188 Å². The van der Waals surface area contributed by atoms with E-state index in [1.54, 1.807) is 6.20 Å². The molecule has 0 amide bonds. The Balaban J connectivity index is 1.26. The highest BCUT2D eigenvalue weighted by Gasteiger charge is 2.06. The predicted octanol–water partition coefficient (Wildman–Crippen LogP) is 6.89. The number of ether oxygens (including phenoxy) is 3. The zero-order chi connectivity index (χ0) is 22.0. The van der Waals surface area contributed by atoms with Crippen LogP contribution < -0.4 is 14.2 Å². The van der Waals surface area contributed by atoms with Crippen LogP contribution in [-0.2, 0) is 0 Å². The van der Waals surface area contributed by atoms with Gasteiger partial charge < -0.3 is 14.2 Å². The topological polar surface area (TPSA) is 40.6 Å². The van der Waals surface area contributed by atoms with Crippen molar-refractivity contribution in [1.82, 2.24) is 4.98 Å². The number of aromatic nitrogens is 1. The molecule has 0 radical (unpaired) electrons. The second-order valence-electron chi connectivity index (χ2n) is 7.29. The van der Waals surface area contributed by atoms with Gasteiger partial charge in [-0.05, 0) is 60.5 Å². The zero-order valence-electron chi connectivity index (χ0n) is 17.9. The van der Waals surface area contributed by atoms with Gasteiger partial charge in [0.25, 0.3) is 0 Å². The maximum atomic E-state index is 5.94. The van der Waals surface area contributed by atoms with E-state index in [0.717, 1.165) is 22.8 Å². The summed E-state index contributed by atoms with van der Waals surface area (Å²) in [6, 6.07) is 31.4. The molecule has 0 aliphatic rings. The number of rotatable bonds is 9. The standard InChI is InChI=1S/C28H25NO3/c1-22(31-28-9-5-6-20-29-28)21-30-25-16-18-27(19-17-25)32-26-14-12-24(13-15-26)11-10-23-7-3-2-4-8-23/h2-20,22H,21H2,1H3/b11-10+. The van der Waals surface area contributed by atoms with Crippen LogP contribution in [0.3, 0.4) is 0 Å². The summed E-state index contributed by atoms with van der Waals surface area (Å²) in [5, 5.41) is 0. The molecule has 0 aliphatic carbocycles. The van der Waals surface area contributed by atoms with Crippen molar-refractivity contribution >= 4 is 12.2 Å². The van der Waals surface area contributed by atoms with Gasteiger partial charge in [-0.25, -0.2) is 4.98 Å². The van der Waals surface area contributed by atoms with E-state index in [9.17, 15) is 0 Å². The van der Waals surface area contributed by atoms with Crippen molar-refractivity contribution in [2.24, 2.45) is 0 Å². The summed E-state index contributed by atoms with van der Waals surface area (Å²) in [6.07, 6.45) is 5.77. The Kier molecular flexibility index (Phi) is 7.17. The first kappa shape index (κ1) is 21.2. The molecule has 0 spiro atoms. The number of nitrogens with zero attached hydrogens (tertiary/aromatic N) is 1. The van der Waals surface area contributed by atoms with Gasteiger partial charge in [-0.2, -0.15) is 0 Å². The van der Waals surface area contributed by atoms with Crippen molar-refractivity contribution in [2.75, 3.05) is 6.61 Å². The normalized spacial score (nSPS) is 11.8. The molecule has 0 fully saturated rings. The first-order chi connectivity index (χ1) is 15.7. The lowest BCUT2D eigenvalue weighted by Crippen LogP contribution is -2.21. The van der Waals surface area contributed by atoms with Crippen molar-refractivity contribution in [3.63, 3.8) is 0 Å². The summed E-state index contributed by atoms with van der Waals surface area (Å²) >= 11 is 0. The molecule has 0 saturated carbocycles. The molecule has 1 atom stereocenters. The minimum atomic E-state index is -0.115. The van der Waals surface area contributed by atoms with Crippen molar-refractivity contribution in [3.8, 4) is 23.1 Å². The molecule has 0 N–H and O–H groups in total. The van der Waals surface area contributed by atoms with Crippen LogP contribution in [-0.4, -0.2) is 17.7 Å². The van der Waals surface area contributed by atoms with Crippen LogP contribution in [0.4, 0.5) is 0 Å². The predicted molar refractivity (Wildman–Crippen MR) is 128 cm³/mol. The van der Waals surface area contributed by atoms with Crippen LogP contribution in [0.1, 0.15) is 18.1 Å². The highest BCUT2D eigenvalue weighted by molar-refractivity contribution is 5.69. The molecule has 4 rings (SSSR count). The monoisotopic (exact) mass is 423 g/mol. The largest absolute Gasteiger partial charge is 0.490 e. The van der Waals surface area contributed by atoms with Crippen molar-refractivity contribution < 1.29 is 14.2 Å². The molecule has 4 aromatic rings. The van der Waals surface area contributed by atoms with E-state index in [4.69, 9.17) is 14.2 Å². The minimum absolute atomic E-state index is 0.115. The van der Waals surface area contributed by atoms with E-state index in [1.165, 1.54) is 5.56 Å². The summed E-state index contributed by atoms with van der Waals surface area (Å²) in [5.74, 6) is 2.89. The van der Waals surface area contributed by atoms with Crippen molar-refractivity contribution in [3.05, 3.63) is 114 Å². The van der Waals surface area contributed by atoms with E-state index >= 15 is 0 Å². The Morgan fingerprint density at radius 2 is 1.28 bits per heavy atom. The second kappa shape index (κ2) is 10.8. The third-order valence-corrected chi connectivity index (χ3v) is 4.65. The lowest BCUT2D eigenvalue weighted by Gasteiger charge is -2.15. The number of pyridine rings is 1. The third kappa shape index (κ3) is 6.47. The second-order valence-corrected chi connectivity index (χ2v) is 7.29. The van der Waals surface area contributed by atoms with Crippen LogP contribution in [0.5, 0.6) is 23.1 Å². The van der Waals surface area contributed by atoms with Gasteiger partial charge in [-0.15, -0.1) is 0 Å². The van der Waals surface area contributed by atoms with E-state index in [-0.39, 0.29) is 6.10 Å². The van der Waals surface area contributed by atoms with Gasteiger partial charge in [0.05, 0.1) is 0 Å². The summed E-state index contributed by atoms with van der Waals surface area (Å²) in [4.78, 5) is 4.16. The maximum Gasteiger partial charge on any atom is 0.213 e. The first-order valence-electron chi connectivity index (χ1n) is 10.6.